The highest BCUT2D eigenvalue weighted by Crippen LogP contribution is 2.16. The molecule has 0 aliphatic rings. The number of allylic oxidation sites excluding steroid dienone is 6. The van der Waals surface area contributed by atoms with Crippen molar-refractivity contribution in [1.29, 1.82) is 0 Å². The van der Waals surface area contributed by atoms with Crippen molar-refractivity contribution in [2.24, 2.45) is 0 Å². The first-order valence-corrected chi connectivity index (χ1v) is 31.0. The summed E-state index contributed by atoms with van der Waals surface area (Å²) in [6.45, 7) is 6.66. The predicted molar refractivity (Wildman–Crippen MR) is 302 cm³/mol. The lowest BCUT2D eigenvalue weighted by atomic mass is 10.1. The molecule has 0 aromatic carbocycles. The van der Waals surface area contributed by atoms with E-state index in [1.54, 1.807) is 0 Å². The number of carbonyl (C=O) groups is 3. The molecule has 0 saturated heterocycles. The zero-order valence-electron chi connectivity index (χ0n) is 47.1. The van der Waals surface area contributed by atoms with Gasteiger partial charge in [0.1, 0.15) is 13.2 Å². The minimum Gasteiger partial charge on any atom is -0.462 e. The number of rotatable bonds is 57. The molecule has 410 valence electrons. The summed E-state index contributed by atoms with van der Waals surface area (Å²) in [5, 5.41) is 0. The van der Waals surface area contributed by atoms with Crippen LogP contribution in [0.15, 0.2) is 36.5 Å². The molecule has 1 atom stereocenters. The van der Waals surface area contributed by atoms with Gasteiger partial charge in [-0.25, -0.2) is 0 Å². The van der Waals surface area contributed by atoms with Crippen molar-refractivity contribution in [3.8, 4) is 0 Å². The Morgan fingerprint density at radius 1 is 0.271 bits per heavy atom. The summed E-state index contributed by atoms with van der Waals surface area (Å²) in [4.78, 5) is 38.2. The molecule has 0 radical (unpaired) electrons. The van der Waals surface area contributed by atoms with Gasteiger partial charge >= 0.3 is 17.9 Å². The number of unbranched alkanes of at least 4 members (excludes halogenated alkanes) is 40. The standard InChI is InChI=1S/C64H118O6/c1-4-7-10-13-16-19-22-25-28-30-31-32-33-34-37-39-42-45-48-51-54-57-63(66)69-60-61(59-68-62(65)56-53-50-47-44-41-38-35-27-24-21-18-15-12-9-6-3)70-64(67)58-55-52-49-46-43-40-36-29-26-23-20-17-14-11-8-5-2/h27,29-31,35-36,61H,4-26,28,32-34,37-60H2,1-3H3/b31-30-,35-27-,36-29-. The summed E-state index contributed by atoms with van der Waals surface area (Å²) >= 11 is 0. The first-order valence-electron chi connectivity index (χ1n) is 31.0. The van der Waals surface area contributed by atoms with Crippen molar-refractivity contribution in [1.82, 2.24) is 0 Å². The van der Waals surface area contributed by atoms with E-state index in [2.05, 4.69) is 57.2 Å². The summed E-state index contributed by atoms with van der Waals surface area (Å²) in [5.41, 5.74) is 0. The van der Waals surface area contributed by atoms with E-state index >= 15 is 0 Å². The molecule has 0 aliphatic carbocycles. The van der Waals surface area contributed by atoms with Gasteiger partial charge in [-0.05, 0) is 96.3 Å². The largest absolute Gasteiger partial charge is 0.462 e. The van der Waals surface area contributed by atoms with E-state index in [1.165, 1.54) is 225 Å². The van der Waals surface area contributed by atoms with Crippen LogP contribution in [0.5, 0.6) is 0 Å². The average molecular weight is 984 g/mol. The van der Waals surface area contributed by atoms with Gasteiger partial charge in [-0.3, -0.25) is 14.4 Å². The lowest BCUT2D eigenvalue weighted by molar-refractivity contribution is -0.167. The molecular weight excluding hydrogens is 865 g/mol. The van der Waals surface area contributed by atoms with Gasteiger partial charge in [-0.1, -0.05) is 256 Å². The second-order valence-electron chi connectivity index (χ2n) is 21.0. The molecule has 0 N–H and O–H groups in total. The molecule has 0 bridgehead atoms. The highest BCUT2D eigenvalue weighted by molar-refractivity contribution is 5.71. The number of ether oxygens (including phenoxy) is 3. The van der Waals surface area contributed by atoms with Crippen LogP contribution in [0.3, 0.4) is 0 Å². The van der Waals surface area contributed by atoms with Crippen LogP contribution in [0, 0.1) is 0 Å². The Bertz CT molecular complexity index is 1170. The number of esters is 3. The van der Waals surface area contributed by atoms with Gasteiger partial charge in [-0.15, -0.1) is 0 Å². The Hall–Kier alpha value is -2.37. The maximum absolute atomic E-state index is 12.9. The van der Waals surface area contributed by atoms with E-state index in [1.807, 2.05) is 0 Å². The van der Waals surface area contributed by atoms with Crippen LogP contribution in [0.1, 0.15) is 335 Å². The van der Waals surface area contributed by atoms with Crippen molar-refractivity contribution >= 4 is 17.9 Å². The first kappa shape index (κ1) is 67.6. The third kappa shape index (κ3) is 56.5. The SMILES string of the molecule is CCCCCCCC/C=C\CCCCCCCC(=O)OCC(COC(=O)CCCCCCCCCCC/C=C\CCCCCCCCCC)OC(=O)CCCCCCC/C=C\CCCCCCCCC. The van der Waals surface area contributed by atoms with Crippen molar-refractivity contribution in [2.45, 2.75) is 341 Å². The van der Waals surface area contributed by atoms with Crippen LogP contribution in [-0.2, 0) is 28.6 Å². The Balaban J connectivity index is 4.33. The molecule has 0 rings (SSSR count). The molecule has 0 heterocycles. The Morgan fingerprint density at radius 2 is 0.471 bits per heavy atom. The zero-order chi connectivity index (χ0) is 50.7. The highest BCUT2D eigenvalue weighted by atomic mass is 16.6. The van der Waals surface area contributed by atoms with Crippen LogP contribution in [-0.4, -0.2) is 37.2 Å². The third-order valence-corrected chi connectivity index (χ3v) is 13.8. The number of carbonyl (C=O) groups excluding carboxylic acids is 3. The fraction of sp³-hybridized carbons (Fsp3) is 0.859. The summed E-state index contributed by atoms with van der Waals surface area (Å²) in [5.74, 6) is -0.876. The molecule has 0 saturated carbocycles. The summed E-state index contributed by atoms with van der Waals surface area (Å²) in [7, 11) is 0. The minimum atomic E-state index is -0.780. The minimum absolute atomic E-state index is 0.0766. The van der Waals surface area contributed by atoms with E-state index in [0.717, 1.165) is 70.6 Å². The van der Waals surface area contributed by atoms with E-state index < -0.39 is 6.10 Å². The number of hydrogen-bond acceptors (Lipinski definition) is 6. The van der Waals surface area contributed by atoms with Crippen LogP contribution < -0.4 is 0 Å². The molecule has 0 aromatic heterocycles. The maximum atomic E-state index is 12.9. The van der Waals surface area contributed by atoms with E-state index in [4.69, 9.17) is 14.2 Å². The topological polar surface area (TPSA) is 78.9 Å². The van der Waals surface area contributed by atoms with Crippen molar-refractivity contribution in [3.63, 3.8) is 0 Å². The van der Waals surface area contributed by atoms with Crippen LogP contribution in [0.25, 0.3) is 0 Å². The van der Waals surface area contributed by atoms with Gasteiger partial charge in [0, 0.05) is 19.3 Å². The zero-order valence-corrected chi connectivity index (χ0v) is 47.1. The number of hydrogen-bond donors (Lipinski definition) is 0. The molecule has 0 aliphatic heterocycles. The predicted octanol–water partition coefficient (Wildman–Crippen LogP) is 20.8. The first-order chi connectivity index (χ1) is 34.5. The van der Waals surface area contributed by atoms with Crippen LogP contribution in [0.2, 0.25) is 0 Å². The van der Waals surface area contributed by atoms with Gasteiger partial charge in [0.2, 0.25) is 0 Å². The molecule has 6 nitrogen and oxygen atoms in total. The van der Waals surface area contributed by atoms with Gasteiger partial charge in [0.25, 0.3) is 0 Å². The second kappa shape index (κ2) is 59.2. The second-order valence-corrected chi connectivity index (χ2v) is 21.0. The smallest absolute Gasteiger partial charge is 0.306 e. The summed E-state index contributed by atoms with van der Waals surface area (Å²) < 4.78 is 16.9. The molecule has 1 unspecified atom stereocenters. The van der Waals surface area contributed by atoms with Gasteiger partial charge < -0.3 is 14.2 Å². The summed E-state index contributed by atoms with van der Waals surface area (Å²) in [6, 6.07) is 0. The Morgan fingerprint density at radius 3 is 0.714 bits per heavy atom. The highest BCUT2D eigenvalue weighted by Gasteiger charge is 2.19. The van der Waals surface area contributed by atoms with Crippen LogP contribution >= 0.6 is 0 Å². The Kier molecular flexibility index (Phi) is 57.2. The monoisotopic (exact) mass is 983 g/mol. The maximum Gasteiger partial charge on any atom is 0.306 e. The van der Waals surface area contributed by atoms with Gasteiger partial charge in [0.15, 0.2) is 6.10 Å². The molecule has 0 amide bonds. The van der Waals surface area contributed by atoms with E-state index in [-0.39, 0.29) is 31.1 Å². The molecule has 0 fully saturated rings. The quantitative estimate of drug-likeness (QED) is 0.0261. The van der Waals surface area contributed by atoms with Crippen molar-refractivity contribution < 1.29 is 28.6 Å². The molecule has 0 aromatic rings. The van der Waals surface area contributed by atoms with Gasteiger partial charge in [0.05, 0.1) is 0 Å². The fourth-order valence-corrected chi connectivity index (χ4v) is 9.13. The van der Waals surface area contributed by atoms with E-state index in [0.29, 0.717) is 19.3 Å². The molecule has 0 spiro atoms. The van der Waals surface area contributed by atoms with Crippen molar-refractivity contribution in [2.75, 3.05) is 13.2 Å². The van der Waals surface area contributed by atoms with E-state index in [9.17, 15) is 14.4 Å². The van der Waals surface area contributed by atoms with Crippen molar-refractivity contribution in [3.05, 3.63) is 36.5 Å². The average Bonchev–Trinajstić information content (AvgIpc) is 3.36. The molecular formula is C64H118O6. The summed E-state index contributed by atoms with van der Waals surface area (Å²) in [6.07, 6.45) is 71.4. The third-order valence-electron chi connectivity index (χ3n) is 13.8. The van der Waals surface area contributed by atoms with Gasteiger partial charge in [-0.2, -0.15) is 0 Å². The van der Waals surface area contributed by atoms with Crippen LogP contribution in [0.4, 0.5) is 0 Å². The normalized spacial score (nSPS) is 12.2. The fourth-order valence-electron chi connectivity index (χ4n) is 9.13. The molecule has 70 heavy (non-hydrogen) atoms. The lowest BCUT2D eigenvalue weighted by Gasteiger charge is -2.18. The Labute approximate surface area is 435 Å². The molecule has 6 heteroatoms. The lowest BCUT2D eigenvalue weighted by Crippen LogP contribution is -2.30.